The Bertz CT molecular complexity index is 414. The van der Waals surface area contributed by atoms with E-state index in [1.165, 1.54) is 0 Å². The van der Waals surface area contributed by atoms with Gasteiger partial charge >= 0.3 is 5.97 Å². The molecule has 0 amide bonds. The molecule has 0 saturated carbocycles. The number of hydrogen-bond donors (Lipinski definition) is 1. The molecular formula is C18H40O4Si2. The Hall–Kier alpha value is -0.176. The van der Waals surface area contributed by atoms with Gasteiger partial charge in [0.1, 0.15) is 5.60 Å². The zero-order valence-electron chi connectivity index (χ0n) is 17.7. The lowest BCUT2D eigenvalue weighted by atomic mass is 10.1. The van der Waals surface area contributed by atoms with Gasteiger partial charge in [-0.05, 0) is 45.3 Å². The van der Waals surface area contributed by atoms with Gasteiger partial charge in [0.2, 0.25) is 0 Å². The van der Waals surface area contributed by atoms with Crippen LogP contribution in [0.1, 0.15) is 48.0 Å². The van der Waals surface area contributed by atoms with Gasteiger partial charge in [0.25, 0.3) is 0 Å². The van der Waals surface area contributed by atoms with Crippen molar-refractivity contribution in [2.24, 2.45) is 0 Å². The Labute approximate surface area is 151 Å². The topological polar surface area (TPSA) is 55.8 Å². The van der Waals surface area contributed by atoms with Crippen molar-refractivity contribution in [3.8, 4) is 0 Å². The smallest absolute Gasteiger partial charge is 0.337 e. The Morgan fingerprint density at radius 3 is 1.79 bits per heavy atom. The first-order valence-electron chi connectivity index (χ1n) is 8.94. The molecule has 0 aliphatic rings. The van der Waals surface area contributed by atoms with Crippen molar-refractivity contribution < 1.29 is 19.1 Å². The number of aliphatic hydroxyl groups excluding tert-OH is 1. The van der Waals surface area contributed by atoms with E-state index >= 15 is 0 Å². The van der Waals surface area contributed by atoms with Crippen LogP contribution in [0.5, 0.6) is 0 Å². The third-order valence-corrected chi connectivity index (χ3v) is 10.7. The van der Waals surface area contributed by atoms with E-state index in [0.717, 1.165) is 6.04 Å². The summed E-state index contributed by atoms with van der Waals surface area (Å²) in [6.45, 7) is 22.9. The minimum Gasteiger partial charge on any atom is -0.458 e. The van der Waals surface area contributed by atoms with Crippen LogP contribution >= 0.6 is 0 Å². The van der Waals surface area contributed by atoms with E-state index in [1.54, 1.807) is 0 Å². The van der Waals surface area contributed by atoms with Crippen LogP contribution in [-0.4, -0.2) is 45.3 Å². The van der Waals surface area contributed by atoms with Gasteiger partial charge < -0.3 is 14.3 Å². The fraction of sp³-hybridized carbons (Fsp3) is 0.944. The number of aliphatic hydroxyl groups is 1. The zero-order valence-corrected chi connectivity index (χ0v) is 19.7. The Kier molecular flexibility index (Phi) is 7.96. The highest BCUT2D eigenvalue weighted by molar-refractivity contribution is 6.76. The first-order valence-corrected chi connectivity index (χ1v) is 15.6. The molecule has 2 unspecified atom stereocenters. The lowest BCUT2D eigenvalue weighted by molar-refractivity contribution is -0.169. The van der Waals surface area contributed by atoms with Gasteiger partial charge in [-0.25, -0.2) is 4.79 Å². The summed E-state index contributed by atoms with van der Waals surface area (Å²) < 4.78 is 11.8. The van der Waals surface area contributed by atoms with Crippen molar-refractivity contribution in [1.29, 1.82) is 0 Å². The third-order valence-electron chi connectivity index (χ3n) is 4.41. The lowest BCUT2D eigenvalue weighted by Crippen LogP contribution is -2.51. The average Bonchev–Trinajstić information content (AvgIpc) is 2.28. The van der Waals surface area contributed by atoms with E-state index in [2.05, 4.69) is 53.5 Å². The molecule has 2 atom stereocenters. The summed E-state index contributed by atoms with van der Waals surface area (Å²) in [5.74, 6) is -0.449. The Balaban J connectivity index is 5.33. The number of rotatable bonds is 7. The van der Waals surface area contributed by atoms with Crippen LogP contribution in [0.4, 0.5) is 0 Å². The molecule has 0 radical (unpaired) electrons. The Morgan fingerprint density at radius 1 is 1.00 bits per heavy atom. The van der Waals surface area contributed by atoms with Crippen molar-refractivity contribution in [1.82, 2.24) is 0 Å². The number of hydrogen-bond acceptors (Lipinski definition) is 4. The minimum absolute atomic E-state index is 0.0360. The molecule has 0 aromatic heterocycles. The number of carbonyl (C=O) groups excluding carboxylic acids is 1. The van der Waals surface area contributed by atoms with Crippen LogP contribution in [0.25, 0.3) is 0 Å². The molecule has 6 heteroatoms. The molecule has 0 aromatic rings. The maximum absolute atomic E-state index is 12.7. The largest absolute Gasteiger partial charge is 0.458 e. The highest BCUT2D eigenvalue weighted by Gasteiger charge is 2.44. The van der Waals surface area contributed by atoms with Crippen molar-refractivity contribution in [3.05, 3.63) is 0 Å². The van der Waals surface area contributed by atoms with Crippen LogP contribution < -0.4 is 0 Å². The SMILES string of the molecule is CC(C)(C)OC(=O)C(O[Si](C)(C)C(C)(C)C)C(O)CC[Si](C)(C)C. The molecule has 0 spiro atoms. The molecule has 0 saturated heterocycles. The molecule has 0 aliphatic carbocycles. The summed E-state index contributed by atoms with van der Waals surface area (Å²) in [6, 6.07) is 0.953. The highest BCUT2D eigenvalue weighted by Crippen LogP contribution is 2.38. The van der Waals surface area contributed by atoms with E-state index < -0.39 is 40.2 Å². The molecule has 144 valence electrons. The number of ether oxygens (including phenoxy) is 1. The average molecular weight is 377 g/mol. The van der Waals surface area contributed by atoms with Crippen LogP contribution in [0.3, 0.4) is 0 Å². The molecule has 1 N–H and O–H groups in total. The molecule has 0 aromatic carbocycles. The summed E-state index contributed by atoms with van der Waals surface area (Å²) in [4.78, 5) is 12.7. The summed E-state index contributed by atoms with van der Waals surface area (Å²) >= 11 is 0. The van der Waals surface area contributed by atoms with Crippen LogP contribution in [0.2, 0.25) is 43.8 Å². The van der Waals surface area contributed by atoms with Crippen LogP contribution in [0.15, 0.2) is 0 Å². The summed E-state index contributed by atoms with van der Waals surface area (Å²) in [5.41, 5.74) is -0.593. The molecule has 4 nitrogen and oxygen atoms in total. The fourth-order valence-electron chi connectivity index (χ4n) is 1.87. The second-order valence-corrected chi connectivity index (χ2v) is 20.9. The van der Waals surface area contributed by atoms with Crippen molar-refractivity contribution in [2.75, 3.05) is 0 Å². The maximum Gasteiger partial charge on any atom is 0.337 e. The standard InChI is InChI=1S/C18H40O4Si2/c1-17(2,3)21-16(20)15(14(19)12-13-23(7,8)9)22-24(10,11)18(4,5)6/h14-15,19H,12-13H2,1-11H3. The zero-order chi connectivity index (χ0) is 19.6. The minimum atomic E-state index is -2.19. The maximum atomic E-state index is 12.7. The molecule has 0 aliphatic heterocycles. The molecule has 0 rings (SSSR count). The molecule has 0 fully saturated rings. The monoisotopic (exact) mass is 376 g/mol. The van der Waals surface area contributed by atoms with Crippen molar-refractivity contribution >= 4 is 22.4 Å². The number of carbonyl (C=O) groups is 1. The van der Waals surface area contributed by atoms with Crippen LogP contribution in [0, 0.1) is 0 Å². The molecular weight excluding hydrogens is 336 g/mol. The Morgan fingerprint density at radius 2 is 1.46 bits per heavy atom. The van der Waals surface area contributed by atoms with Crippen LogP contribution in [-0.2, 0) is 14.0 Å². The summed E-state index contributed by atoms with van der Waals surface area (Å²) in [5, 5.41) is 10.7. The molecule has 0 bridgehead atoms. The quantitative estimate of drug-likeness (QED) is 0.512. The second-order valence-electron chi connectivity index (χ2n) is 10.5. The van der Waals surface area contributed by atoms with E-state index in [4.69, 9.17) is 9.16 Å². The van der Waals surface area contributed by atoms with E-state index in [9.17, 15) is 9.90 Å². The molecule has 0 heterocycles. The summed E-state index contributed by atoms with van der Waals surface area (Å²) in [7, 11) is -3.49. The highest BCUT2D eigenvalue weighted by atomic mass is 28.4. The van der Waals surface area contributed by atoms with E-state index in [1.807, 2.05) is 20.8 Å². The fourth-order valence-corrected chi connectivity index (χ4v) is 4.27. The van der Waals surface area contributed by atoms with Gasteiger partial charge in [-0.2, -0.15) is 0 Å². The summed E-state index contributed by atoms with van der Waals surface area (Å²) in [6.07, 6.45) is -1.14. The van der Waals surface area contributed by atoms with Gasteiger partial charge in [-0.1, -0.05) is 46.5 Å². The first-order chi connectivity index (χ1) is 10.4. The second kappa shape index (κ2) is 8.02. The first kappa shape index (κ1) is 23.8. The predicted octanol–water partition coefficient (Wildman–Crippen LogP) is 4.81. The van der Waals surface area contributed by atoms with Gasteiger partial charge in [-0.15, -0.1) is 0 Å². The lowest BCUT2D eigenvalue weighted by Gasteiger charge is -2.40. The van der Waals surface area contributed by atoms with E-state index in [-0.39, 0.29) is 5.04 Å². The van der Waals surface area contributed by atoms with Gasteiger partial charge in [-0.3, -0.25) is 0 Å². The predicted molar refractivity (Wildman–Crippen MR) is 107 cm³/mol. The van der Waals surface area contributed by atoms with Gasteiger partial charge in [0.05, 0.1) is 6.10 Å². The third kappa shape index (κ3) is 8.78. The van der Waals surface area contributed by atoms with Crippen molar-refractivity contribution in [2.45, 2.75) is 110 Å². The molecule has 24 heavy (non-hydrogen) atoms. The number of esters is 1. The van der Waals surface area contributed by atoms with Gasteiger partial charge in [0.15, 0.2) is 14.4 Å². The normalized spacial score (nSPS) is 16.7. The van der Waals surface area contributed by atoms with Gasteiger partial charge in [0, 0.05) is 8.07 Å². The van der Waals surface area contributed by atoms with E-state index in [0.29, 0.717) is 6.42 Å². The van der Waals surface area contributed by atoms with Crippen molar-refractivity contribution in [3.63, 3.8) is 0 Å².